The summed E-state index contributed by atoms with van der Waals surface area (Å²) in [6, 6.07) is 24.3. The molecular weight excluding hydrogens is 529 g/mol. The minimum absolute atomic E-state index is 0.000411. The molecule has 1 N–H and O–H groups in total. The van der Waals surface area contributed by atoms with Gasteiger partial charge in [0.25, 0.3) is 0 Å². The van der Waals surface area contributed by atoms with E-state index in [4.69, 9.17) is 0 Å². The van der Waals surface area contributed by atoms with Crippen molar-refractivity contribution in [1.29, 1.82) is 0 Å². The summed E-state index contributed by atoms with van der Waals surface area (Å²) >= 11 is 0. The van der Waals surface area contributed by atoms with E-state index in [1.807, 2.05) is 24.3 Å². The van der Waals surface area contributed by atoms with Crippen LogP contribution in [-0.2, 0) is 16.2 Å². The Morgan fingerprint density at radius 2 is 1.19 bits per heavy atom. The summed E-state index contributed by atoms with van der Waals surface area (Å²) < 4.78 is 17.7. The van der Waals surface area contributed by atoms with E-state index in [0.29, 0.717) is 11.1 Å². The third kappa shape index (κ3) is 5.96. The minimum Gasteiger partial charge on any atom is -0.507 e. The fourth-order valence-electron chi connectivity index (χ4n) is 6.84. The molecule has 0 aliphatic carbocycles. The van der Waals surface area contributed by atoms with Crippen LogP contribution in [0.5, 0.6) is 5.75 Å². The zero-order valence-corrected chi connectivity index (χ0v) is 27.9. The molecule has 3 heteroatoms. The molecule has 0 saturated carbocycles. The van der Waals surface area contributed by atoms with Crippen molar-refractivity contribution in [2.75, 3.05) is 0 Å². The Morgan fingerprint density at radius 3 is 1.67 bits per heavy atom. The molecular formula is C40H48FNO. The zero-order valence-electron chi connectivity index (χ0n) is 27.9. The van der Waals surface area contributed by atoms with Crippen LogP contribution in [0.3, 0.4) is 0 Å². The molecule has 43 heavy (non-hydrogen) atoms. The zero-order chi connectivity index (χ0) is 31.7. The molecule has 0 amide bonds. The van der Waals surface area contributed by atoms with Crippen molar-refractivity contribution < 1.29 is 9.50 Å². The SMILES string of the molecule is CC(C)(C)CC(C)(C)c1cccc(-c2cc(F)cc(-n3c4ccc(C(C)(C)C)cc4c4cc(C(C)(C)C)ccc43)c2)c1O. The van der Waals surface area contributed by atoms with Crippen LogP contribution in [0.1, 0.15) is 99.3 Å². The Hall–Kier alpha value is -3.59. The van der Waals surface area contributed by atoms with Gasteiger partial charge in [-0.15, -0.1) is 0 Å². The van der Waals surface area contributed by atoms with Gasteiger partial charge in [-0.1, -0.05) is 106 Å². The van der Waals surface area contributed by atoms with Crippen LogP contribution in [0.25, 0.3) is 38.6 Å². The molecule has 5 aromatic rings. The van der Waals surface area contributed by atoms with Crippen molar-refractivity contribution in [1.82, 2.24) is 4.57 Å². The molecule has 1 heterocycles. The number of aromatic nitrogens is 1. The normalized spacial score (nSPS) is 13.3. The molecule has 0 spiro atoms. The van der Waals surface area contributed by atoms with Gasteiger partial charge < -0.3 is 9.67 Å². The summed E-state index contributed by atoms with van der Waals surface area (Å²) in [5, 5.41) is 13.9. The van der Waals surface area contributed by atoms with E-state index >= 15 is 4.39 Å². The Balaban J connectivity index is 1.76. The molecule has 226 valence electrons. The summed E-state index contributed by atoms with van der Waals surface area (Å²) in [4.78, 5) is 0. The number of para-hydroxylation sites is 1. The van der Waals surface area contributed by atoms with Gasteiger partial charge in [0, 0.05) is 27.6 Å². The van der Waals surface area contributed by atoms with E-state index in [2.05, 4.69) is 117 Å². The van der Waals surface area contributed by atoms with Gasteiger partial charge in [0.2, 0.25) is 0 Å². The van der Waals surface area contributed by atoms with E-state index < -0.39 is 0 Å². The van der Waals surface area contributed by atoms with Gasteiger partial charge in [0.15, 0.2) is 0 Å². The molecule has 1 aromatic heterocycles. The molecule has 0 aliphatic rings. The van der Waals surface area contributed by atoms with Gasteiger partial charge in [-0.05, 0) is 87.2 Å². The van der Waals surface area contributed by atoms with Crippen LogP contribution in [-0.4, -0.2) is 9.67 Å². The summed E-state index contributed by atoms with van der Waals surface area (Å²) in [5.41, 5.74) is 7.36. The van der Waals surface area contributed by atoms with Gasteiger partial charge in [0.05, 0.1) is 11.0 Å². The molecule has 0 fully saturated rings. The van der Waals surface area contributed by atoms with Gasteiger partial charge in [-0.2, -0.15) is 0 Å². The third-order valence-corrected chi connectivity index (χ3v) is 8.69. The molecule has 0 bridgehead atoms. The van der Waals surface area contributed by atoms with E-state index in [1.165, 1.54) is 17.2 Å². The largest absolute Gasteiger partial charge is 0.507 e. The molecule has 5 rings (SSSR count). The molecule has 2 nitrogen and oxygen atoms in total. The number of phenols is 1. The number of hydrogen-bond acceptors (Lipinski definition) is 1. The first kappa shape index (κ1) is 30.9. The summed E-state index contributed by atoms with van der Waals surface area (Å²) in [6.07, 6.45) is 0.903. The molecule has 0 aliphatic heterocycles. The molecule has 4 aromatic carbocycles. The molecule has 0 radical (unpaired) electrons. The van der Waals surface area contributed by atoms with Crippen LogP contribution in [0.15, 0.2) is 72.8 Å². The van der Waals surface area contributed by atoms with Crippen molar-refractivity contribution in [2.45, 2.75) is 98.8 Å². The van der Waals surface area contributed by atoms with Gasteiger partial charge in [-0.3, -0.25) is 0 Å². The highest BCUT2D eigenvalue weighted by Crippen LogP contribution is 2.44. The number of rotatable bonds is 4. The third-order valence-electron chi connectivity index (χ3n) is 8.69. The summed E-state index contributed by atoms with van der Waals surface area (Å²) in [7, 11) is 0. The van der Waals surface area contributed by atoms with Crippen molar-refractivity contribution in [2.24, 2.45) is 5.41 Å². The Bertz CT molecular complexity index is 1760. The highest BCUT2D eigenvalue weighted by molar-refractivity contribution is 6.10. The van der Waals surface area contributed by atoms with E-state index in [1.54, 1.807) is 6.07 Å². The quantitative estimate of drug-likeness (QED) is 0.226. The second kappa shape index (κ2) is 10.3. The van der Waals surface area contributed by atoms with Crippen LogP contribution in [0.4, 0.5) is 4.39 Å². The lowest BCUT2D eigenvalue weighted by atomic mass is 9.71. The molecule has 0 atom stereocenters. The maximum Gasteiger partial charge on any atom is 0.127 e. The number of aromatic hydroxyl groups is 1. The number of nitrogens with zero attached hydrogens (tertiary/aromatic N) is 1. The maximum absolute atomic E-state index is 15.5. The first-order valence-corrected chi connectivity index (χ1v) is 15.5. The lowest BCUT2D eigenvalue weighted by Gasteiger charge is -2.33. The minimum atomic E-state index is -0.334. The average molecular weight is 578 g/mol. The predicted octanol–water partition coefficient (Wildman–Crippen LogP) is 11.6. The number of phenolic OH excluding ortho intramolecular Hbond substituents is 1. The van der Waals surface area contributed by atoms with Crippen LogP contribution < -0.4 is 0 Å². The fourth-order valence-corrected chi connectivity index (χ4v) is 6.84. The predicted molar refractivity (Wildman–Crippen MR) is 182 cm³/mol. The summed E-state index contributed by atoms with van der Waals surface area (Å²) in [5.74, 6) is -0.112. The summed E-state index contributed by atoms with van der Waals surface area (Å²) in [6.45, 7) is 24.4. The lowest BCUT2D eigenvalue weighted by Crippen LogP contribution is -2.25. The molecule has 0 unspecified atom stereocenters. The second-order valence-electron chi connectivity index (χ2n) is 16.3. The van der Waals surface area contributed by atoms with Crippen LogP contribution in [0, 0.1) is 11.2 Å². The van der Waals surface area contributed by atoms with Crippen molar-refractivity contribution in [3.63, 3.8) is 0 Å². The second-order valence-corrected chi connectivity index (χ2v) is 16.3. The van der Waals surface area contributed by atoms with Crippen molar-refractivity contribution >= 4 is 21.8 Å². The lowest BCUT2D eigenvalue weighted by molar-refractivity contribution is 0.279. The Morgan fingerprint density at radius 1 is 0.651 bits per heavy atom. The average Bonchev–Trinajstić information content (AvgIpc) is 3.19. The Labute approximate surface area is 257 Å². The van der Waals surface area contributed by atoms with E-state index in [-0.39, 0.29) is 33.2 Å². The number of benzene rings is 4. The number of fused-ring (bicyclic) bond motifs is 3. The van der Waals surface area contributed by atoms with Gasteiger partial charge >= 0.3 is 0 Å². The Kier molecular flexibility index (Phi) is 7.36. The highest BCUT2D eigenvalue weighted by Gasteiger charge is 2.30. The molecule has 0 saturated heterocycles. The standard InChI is InChI=1S/C40H48FNO/c1-37(2,3)24-40(10,11)33-14-12-13-30(36(33)43)25-19-28(41)23-29(20-25)42-34-17-15-26(38(4,5)6)21-31(34)32-22-27(39(7,8)9)16-18-35(32)42/h12-23,43H,24H2,1-11H3. The van der Waals surface area contributed by atoms with Gasteiger partial charge in [-0.25, -0.2) is 4.39 Å². The maximum atomic E-state index is 15.5. The van der Waals surface area contributed by atoms with Crippen molar-refractivity contribution in [3.05, 3.63) is 95.3 Å². The first-order valence-electron chi connectivity index (χ1n) is 15.5. The monoisotopic (exact) mass is 577 g/mol. The van der Waals surface area contributed by atoms with Crippen molar-refractivity contribution in [3.8, 4) is 22.6 Å². The van der Waals surface area contributed by atoms with E-state index in [0.717, 1.165) is 39.5 Å². The van der Waals surface area contributed by atoms with Gasteiger partial charge in [0.1, 0.15) is 11.6 Å². The van der Waals surface area contributed by atoms with E-state index in [9.17, 15) is 5.11 Å². The topological polar surface area (TPSA) is 25.2 Å². The smallest absolute Gasteiger partial charge is 0.127 e. The first-order chi connectivity index (χ1) is 19.8. The van der Waals surface area contributed by atoms with Crippen LogP contribution in [0.2, 0.25) is 0 Å². The highest BCUT2D eigenvalue weighted by atomic mass is 19.1. The van der Waals surface area contributed by atoms with Crippen LogP contribution >= 0.6 is 0 Å². The fraction of sp³-hybridized carbons (Fsp3) is 0.400. The number of halogens is 1. The number of hydrogen-bond donors (Lipinski definition) is 1.